The molecule has 0 radical (unpaired) electrons. The molecule has 0 N–H and O–H groups in total. The Kier molecular flexibility index (Phi) is 9.62. The van der Waals surface area contributed by atoms with Gasteiger partial charge in [-0.05, 0) is 36.8 Å². The normalized spacial score (nSPS) is 13.9. The van der Waals surface area contributed by atoms with Crippen molar-refractivity contribution in [2.24, 2.45) is 0 Å². The summed E-state index contributed by atoms with van der Waals surface area (Å²) in [7, 11) is 0. The number of amides is 1. The molecule has 0 saturated carbocycles. The maximum absolute atomic E-state index is 14.5. The van der Waals surface area contributed by atoms with E-state index in [1.54, 1.807) is 34.5 Å². The van der Waals surface area contributed by atoms with Gasteiger partial charge in [0.05, 0.1) is 24.4 Å². The smallest absolute Gasteiger partial charge is 0.416 e. The maximum atomic E-state index is 14.5. The fourth-order valence-electron chi connectivity index (χ4n) is 5.12. The van der Waals surface area contributed by atoms with Crippen molar-refractivity contribution in [3.05, 3.63) is 111 Å². The molecule has 3 aromatic carbocycles. The highest BCUT2D eigenvalue weighted by atomic mass is 32.1. The van der Waals surface area contributed by atoms with Gasteiger partial charge in [-0.25, -0.2) is 9.37 Å². The van der Waals surface area contributed by atoms with Crippen LogP contribution in [0.3, 0.4) is 0 Å². The van der Waals surface area contributed by atoms with Gasteiger partial charge in [0, 0.05) is 50.2 Å². The first-order chi connectivity index (χ1) is 20.7. The van der Waals surface area contributed by atoms with Gasteiger partial charge in [0.1, 0.15) is 22.3 Å². The number of piperazine rings is 1. The van der Waals surface area contributed by atoms with Crippen molar-refractivity contribution in [1.29, 1.82) is 0 Å². The van der Waals surface area contributed by atoms with Gasteiger partial charge in [0.2, 0.25) is 0 Å². The van der Waals surface area contributed by atoms with Gasteiger partial charge in [-0.15, -0.1) is 11.3 Å². The number of hydrogen-bond acceptors (Lipinski definition) is 6. The number of aromatic nitrogens is 1. The van der Waals surface area contributed by atoms with E-state index in [4.69, 9.17) is 4.74 Å². The zero-order valence-corrected chi connectivity index (χ0v) is 24.5. The second-order valence-electron chi connectivity index (χ2n) is 10.2. The SMILES string of the molecule is CCOc1ccccc1N1CCN(C(=O)c2csc(CN(Cc3cccc(C(F)(F)F)c3)Cc3ccccc3F)n2)CC1. The second-order valence-corrected chi connectivity index (χ2v) is 11.2. The molecule has 0 atom stereocenters. The first-order valence-electron chi connectivity index (χ1n) is 14.0. The first kappa shape index (κ1) is 30.5. The van der Waals surface area contributed by atoms with Crippen LogP contribution in [0.2, 0.25) is 0 Å². The number of alkyl halides is 3. The van der Waals surface area contributed by atoms with Crippen LogP contribution >= 0.6 is 11.3 Å². The zero-order valence-electron chi connectivity index (χ0n) is 23.7. The third kappa shape index (κ3) is 7.71. The minimum Gasteiger partial charge on any atom is -0.492 e. The van der Waals surface area contributed by atoms with Gasteiger partial charge < -0.3 is 14.5 Å². The molecule has 1 fully saturated rings. The Morgan fingerprint density at radius 2 is 1.70 bits per heavy atom. The predicted octanol–water partition coefficient (Wildman–Crippen LogP) is 6.86. The summed E-state index contributed by atoms with van der Waals surface area (Å²) >= 11 is 1.31. The average molecular weight is 613 g/mol. The van der Waals surface area contributed by atoms with Crippen LogP contribution < -0.4 is 9.64 Å². The van der Waals surface area contributed by atoms with E-state index in [1.165, 1.54) is 23.5 Å². The highest BCUT2D eigenvalue weighted by Crippen LogP contribution is 2.31. The lowest BCUT2D eigenvalue weighted by Gasteiger charge is -2.36. The summed E-state index contributed by atoms with van der Waals surface area (Å²) in [6, 6.07) is 19.3. The number of anilines is 1. The third-order valence-corrected chi connectivity index (χ3v) is 8.05. The number of ether oxygens (including phenoxy) is 1. The van der Waals surface area contributed by atoms with Gasteiger partial charge in [-0.1, -0.05) is 48.5 Å². The summed E-state index contributed by atoms with van der Waals surface area (Å²) in [6.07, 6.45) is -4.46. The standard InChI is InChI=1S/C32H32F4N4O2S/c1-2-42-29-13-6-5-12-28(29)39-14-16-40(17-15-39)31(41)27-22-43-30(37-27)21-38(20-24-9-3-4-11-26(24)33)19-23-8-7-10-25(18-23)32(34,35)36/h3-13,18,22H,2,14-17,19-21H2,1H3. The molecule has 5 rings (SSSR count). The fraction of sp³-hybridized carbons (Fsp3) is 0.312. The lowest BCUT2D eigenvalue weighted by molar-refractivity contribution is -0.137. The molecule has 2 heterocycles. The molecule has 0 unspecified atom stereocenters. The van der Waals surface area contributed by atoms with Crippen LogP contribution in [0.1, 0.15) is 39.1 Å². The Morgan fingerprint density at radius 3 is 2.44 bits per heavy atom. The lowest BCUT2D eigenvalue weighted by atomic mass is 10.1. The van der Waals surface area contributed by atoms with E-state index in [0.29, 0.717) is 54.6 Å². The van der Waals surface area contributed by atoms with E-state index < -0.39 is 17.6 Å². The first-order valence-corrected chi connectivity index (χ1v) is 14.9. The average Bonchev–Trinajstić information content (AvgIpc) is 3.47. The molecular formula is C32H32F4N4O2S. The van der Waals surface area contributed by atoms with Gasteiger partial charge >= 0.3 is 6.18 Å². The minimum atomic E-state index is -4.46. The summed E-state index contributed by atoms with van der Waals surface area (Å²) in [5.74, 6) is 0.257. The van der Waals surface area contributed by atoms with Crippen LogP contribution in [-0.2, 0) is 25.8 Å². The van der Waals surface area contributed by atoms with Crippen molar-refractivity contribution in [2.75, 3.05) is 37.7 Å². The summed E-state index contributed by atoms with van der Waals surface area (Å²) in [4.78, 5) is 23.7. The molecule has 11 heteroatoms. The van der Waals surface area contributed by atoms with Crippen LogP contribution in [0.4, 0.5) is 23.2 Å². The summed E-state index contributed by atoms with van der Waals surface area (Å²) < 4.78 is 60.3. The van der Waals surface area contributed by atoms with E-state index in [0.717, 1.165) is 23.6 Å². The van der Waals surface area contributed by atoms with Crippen molar-refractivity contribution in [2.45, 2.75) is 32.7 Å². The molecule has 1 saturated heterocycles. The molecule has 0 spiro atoms. The Labute approximate surface area is 252 Å². The molecule has 4 aromatic rings. The molecule has 1 aliphatic heterocycles. The van der Waals surface area contributed by atoms with Crippen LogP contribution in [0.15, 0.2) is 78.2 Å². The maximum Gasteiger partial charge on any atom is 0.416 e. The van der Waals surface area contributed by atoms with Gasteiger partial charge in [0.15, 0.2) is 0 Å². The molecule has 1 amide bonds. The third-order valence-electron chi connectivity index (χ3n) is 7.21. The molecule has 0 aliphatic carbocycles. The predicted molar refractivity (Wildman–Crippen MR) is 159 cm³/mol. The molecule has 1 aromatic heterocycles. The van der Waals surface area contributed by atoms with Crippen LogP contribution in [0, 0.1) is 5.82 Å². The summed E-state index contributed by atoms with van der Waals surface area (Å²) in [6.45, 7) is 5.43. The number of para-hydroxylation sites is 2. The van der Waals surface area contributed by atoms with E-state index in [-0.39, 0.29) is 25.5 Å². The number of rotatable bonds is 10. The Balaban J connectivity index is 1.27. The summed E-state index contributed by atoms with van der Waals surface area (Å²) in [5, 5.41) is 2.33. The highest BCUT2D eigenvalue weighted by Gasteiger charge is 2.30. The number of carbonyl (C=O) groups excluding carboxylic acids is 1. The zero-order chi connectivity index (χ0) is 30.4. The Bertz CT molecular complexity index is 1540. The van der Waals surface area contributed by atoms with Crippen molar-refractivity contribution in [3.8, 4) is 5.75 Å². The van der Waals surface area contributed by atoms with Crippen molar-refractivity contribution >= 4 is 22.9 Å². The summed E-state index contributed by atoms with van der Waals surface area (Å²) in [5.41, 5.74) is 1.46. The van der Waals surface area contributed by atoms with Gasteiger partial charge in [-0.2, -0.15) is 13.2 Å². The highest BCUT2D eigenvalue weighted by molar-refractivity contribution is 7.09. The molecular weight excluding hydrogens is 580 g/mol. The van der Waals surface area contributed by atoms with Crippen molar-refractivity contribution in [3.63, 3.8) is 0 Å². The second kappa shape index (κ2) is 13.6. The van der Waals surface area contributed by atoms with E-state index >= 15 is 0 Å². The van der Waals surface area contributed by atoms with Gasteiger partial charge in [-0.3, -0.25) is 9.69 Å². The van der Waals surface area contributed by atoms with E-state index in [1.807, 2.05) is 36.1 Å². The van der Waals surface area contributed by atoms with Crippen LogP contribution in [0.5, 0.6) is 5.75 Å². The number of carbonyl (C=O) groups is 1. The van der Waals surface area contributed by atoms with Crippen molar-refractivity contribution in [1.82, 2.24) is 14.8 Å². The topological polar surface area (TPSA) is 48.9 Å². The molecule has 1 aliphatic rings. The van der Waals surface area contributed by atoms with E-state index in [9.17, 15) is 22.4 Å². The Morgan fingerprint density at radius 1 is 0.953 bits per heavy atom. The number of nitrogens with zero attached hydrogens (tertiary/aromatic N) is 4. The van der Waals surface area contributed by atoms with Gasteiger partial charge in [0.25, 0.3) is 5.91 Å². The molecule has 0 bridgehead atoms. The lowest BCUT2D eigenvalue weighted by Crippen LogP contribution is -2.49. The van der Waals surface area contributed by atoms with Crippen LogP contribution in [0.25, 0.3) is 0 Å². The number of thiazole rings is 1. The molecule has 6 nitrogen and oxygen atoms in total. The minimum absolute atomic E-state index is 0.145. The quantitative estimate of drug-likeness (QED) is 0.183. The number of halogens is 4. The number of hydrogen-bond donors (Lipinski definition) is 0. The Hall–Kier alpha value is -3.96. The van der Waals surface area contributed by atoms with Crippen LogP contribution in [-0.4, -0.2) is 53.5 Å². The monoisotopic (exact) mass is 612 g/mol. The molecule has 226 valence electrons. The van der Waals surface area contributed by atoms with E-state index in [2.05, 4.69) is 9.88 Å². The largest absolute Gasteiger partial charge is 0.492 e. The fourth-order valence-corrected chi connectivity index (χ4v) is 5.93. The molecule has 43 heavy (non-hydrogen) atoms. The number of benzene rings is 3. The van der Waals surface area contributed by atoms with Crippen molar-refractivity contribution < 1.29 is 27.1 Å².